The van der Waals surface area contributed by atoms with Gasteiger partial charge in [-0.3, -0.25) is 4.79 Å². The molecule has 0 aromatic carbocycles. The first-order valence-electron chi connectivity index (χ1n) is 9.59. The van der Waals surface area contributed by atoms with Crippen LogP contribution >= 0.6 is 0 Å². The molecule has 2 fully saturated rings. The summed E-state index contributed by atoms with van der Waals surface area (Å²) in [6.07, 6.45) is 4.31. The van der Waals surface area contributed by atoms with Gasteiger partial charge in [0.15, 0.2) is 0 Å². The van der Waals surface area contributed by atoms with Crippen LogP contribution in [0.15, 0.2) is 30.5 Å². The lowest BCUT2D eigenvalue weighted by Gasteiger charge is -2.26. The van der Waals surface area contributed by atoms with Gasteiger partial charge in [0.2, 0.25) is 5.91 Å². The fourth-order valence-electron chi connectivity index (χ4n) is 3.78. The van der Waals surface area contributed by atoms with Crippen LogP contribution in [0.1, 0.15) is 36.7 Å². The molecule has 0 spiro atoms. The zero-order valence-corrected chi connectivity index (χ0v) is 15.6. The second-order valence-corrected chi connectivity index (χ2v) is 7.25. The number of aryl methyl sites for hydroxylation is 1. The summed E-state index contributed by atoms with van der Waals surface area (Å²) in [5.74, 6) is 2.85. The van der Waals surface area contributed by atoms with Gasteiger partial charge in [0.1, 0.15) is 17.5 Å². The van der Waals surface area contributed by atoms with Gasteiger partial charge in [0.05, 0.1) is 0 Å². The molecule has 1 atom stereocenters. The lowest BCUT2D eigenvalue weighted by molar-refractivity contribution is -0.137. The van der Waals surface area contributed by atoms with Gasteiger partial charge in [-0.2, -0.15) is 0 Å². The summed E-state index contributed by atoms with van der Waals surface area (Å²) >= 11 is 0. The second kappa shape index (κ2) is 8.00. The highest BCUT2D eigenvalue weighted by Crippen LogP contribution is 2.29. The molecule has 2 saturated heterocycles. The Morgan fingerprint density at radius 2 is 2.04 bits per heavy atom. The van der Waals surface area contributed by atoms with Crippen molar-refractivity contribution in [3.05, 3.63) is 42.0 Å². The van der Waals surface area contributed by atoms with E-state index in [2.05, 4.69) is 15.3 Å². The van der Waals surface area contributed by atoms with Gasteiger partial charge in [-0.25, -0.2) is 15.0 Å². The van der Waals surface area contributed by atoms with Gasteiger partial charge in [0.25, 0.3) is 0 Å². The van der Waals surface area contributed by atoms with E-state index in [1.54, 1.807) is 6.20 Å². The average molecular weight is 367 g/mol. The number of hydrogen-bond acceptors (Lipinski definition) is 6. The second-order valence-electron chi connectivity index (χ2n) is 7.25. The Hall–Kier alpha value is -2.54. The quantitative estimate of drug-likeness (QED) is 0.895. The fourth-order valence-corrected chi connectivity index (χ4v) is 3.78. The van der Waals surface area contributed by atoms with E-state index in [1.807, 2.05) is 36.1 Å². The van der Waals surface area contributed by atoms with Crippen molar-refractivity contribution in [1.29, 1.82) is 0 Å². The van der Waals surface area contributed by atoms with Gasteiger partial charge in [-0.1, -0.05) is 6.07 Å². The number of nitrogens with zero attached hydrogens (tertiary/aromatic N) is 4. The highest BCUT2D eigenvalue weighted by atomic mass is 16.5. The lowest BCUT2D eigenvalue weighted by Crippen LogP contribution is -2.37. The number of amides is 1. The molecule has 0 saturated carbocycles. The molecule has 2 aromatic rings. The monoisotopic (exact) mass is 367 g/mol. The maximum atomic E-state index is 12.8. The zero-order valence-electron chi connectivity index (χ0n) is 15.6. The van der Waals surface area contributed by atoms with Crippen molar-refractivity contribution in [2.45, 2.75) is 32.1 Å². The minimum absolute atomic E-state index is 0.109. The van der Waals surface area contributed by atoms with Crippen LogP contribution < -0.4 is 5.32 Å². The SMILES string of the molecule is Cc1cc(Nc2ccccn2)nc([C@H]2CCN(C(=O)C3CCOCC3)C2)n1. The largest absolute Gasteiger partial charge is 0.381 e. The van der Waals surface area contributed by atoms with E-state index in [0.29, 0.717) is 19.8 Å². The van der Waals surface area contributed by atoms with Gasteiger partial charge in [-0.05, 0) is 38.3 Å². The smallest absolute Gasteiger partial charge is 0.225 e. The molecule has 4 heterocycles. The first-order valence-corrected chi connectivity index (χ1v) is 9.59. The van der Waals surface area contributed by atoms with Crippen molar-refractivity contribution in [3.8, 4) is 0 Å². The Bertz CT molecular complexity index is 792. The molecule has 2 aromatic heterocycles. The van der Waals surface area contributed by atoms with Crippen molar-refractivity contribution in [2.24, 2.45) is 5.92 Å². The summed E-state index contributed by atoms with van der Waals surface area (Å²) in [7, 11) is 0. The van der Waals surface area contributed by atoms with Crippen LogP contribution in [-0.2, 0) is 9.53 Å². The predicted molar refractivity (Wildman–Crippen MR) is 102 cm³/mol. The third-order valence-corrected chi connectivity index (χ3v) is 5.23. The van der Waals surface area contributed by atoms with Gasteiger partial charge < -0.3 is 15.0 Å². The topological polar surface area (TPSA) is 80.2 Å². The number of rotatable bonds is 4. The highest BCUT2D eigenvalue weighted by molar-refractivity contribution is 5.79. The molecule has 1 amide bonds. The molecule has 0 aliphatic carbocycles. The molecule has 27 heavy (non-hydrogen) atoms. The maximum Gasteiger partial charge on any atom is 0.225 e. The molecule has 2 aliphatic heterocycles. The Morgan fingerprint density at radius 1 is 1.19 bits per heavy atom. The Balaban J connectivity index is 1.45. The number of carbonyl (C=O) groups is 1. The summed E-state index contributed by atoms with van der Waals surface area (Å²) in [4.78, 5) is 28.4. The summed E-state index contributed by atoms with van der Waals surface area (Å²) in [5.41, 5.74) is 0.910. The minimum Gasteiger partial charge on any atom is -0.381 e. The van der Waals surface area contributed by atoms with Crippen LogP contribution in [0.25, 0.3) is 0 Å². The third-order valence-electron chi connectivity index (χ3n) is 5.23. The third kappa shape index (κ3) is 4.24. The molecule has 2 aliphatic rings. The molecule has 0 bridgehead atoms. The van der Waals surface area contributed by atoms with E-state index >= 15 is 0 Å². The minimum atomic E-state index is 0.109. The zero-order chi connectivity index (χ0) is 18.6. The van der Waals surface area contributed by atoms with Gasteiger partial charge in [-0.15, -0.1) is 0 Å². The summed E-state index contributed by atoms with van der Waals surface area (Å²) < 4.78 is 5.38. The van der Waals surface area contributed by atoms with E-state index in [9.17, 15) is 4.79 Å². The van der Waals surface area contributed by atoms with Crippen molar-refractivity contribution in [2.75, 3.05) is 31.6 Å². The number of likely N-dealkylation sites (tertiary alicyclic amines) is 1. The summed E-state index contributed by atoms with van der Waals surface area (Å²) in [6, 6.07) is 7.63. The number of nitrogens with one attached hydrogen (secondary N) is 1. The number of hydrogen-bond donors (Lipinski definition) is 1. The van der Waals surface area contributed by atoms with Crippen LogP contribution in [0, 0.1) is 12.8 Å². The molecule has 1 N–H and O–H groups in total. The molecular formula is C20H25N5O2. The van der Waals surface area contributed by atoms with Gasteiger partial charge in [0, 0.05) is 56.1 Å². The van der Waals surface area contributed by atoms with E-state index < -0.39 is 0 Å². The molecule has 7 nitrogen and oxygen atoms in total. The van der Waals surface area contributed by atoms with E-state index in [-0.39, 0.29) is 17.7 Å². The van der Waals surface area contributed by atoms with Crippen LogP contribution in [0.3, 0.4) is 0 Å². The lowest BCUT2D eigenvalue weighted by atomic mass is 9.99. The first-order chi connectivity index (χ1) is 13.2. The van der Waals surface area contributed by atoms with E-state index in [1.165, 1.54) is 0 Å². The summed E-state index contributed by atoms with van der Waals surface area (Å²) in [6.45, 7) is 4.83. The molecule has 0 unspecified atom stereocenters. The van der Waals surface area contributed by atoms with Crippen LogP contribution in [0.4, 0.5) is 11.6 Å². The van der Waals surface area contributed by atoms with E-state index in [0.717, 1.165) is 49.0 Å². The molecule has 142 valence electrons. The van der Waals surface area contributed by atoms with Gasteiger partial charge >= 0.3 is 0 Å². The normalized spacial score (nSPS) is 20.6. The number of ether oxygens (including phenoxy) is 1. The molecule has 7 heteroatoms. The average Bonchev–Trinajstić information content (AvgIpc) is 3.19. The standard InChI is InChI=1S/C20H25N5O2/c1-14-12-18(23-17-4-2-3-8-21-17)24-19(22-14)16-5-9-25(13-16)20(26)15-6-10-27-11-7-15/h2-4,8,12,15-16H,5-7,9-11,13H2,1H3,(H,21,22,23,24)/t16-/m0/s1. The molecular weight excluding hydrogens is 342 g/mol. The molecule has 4 rings (SSSR count). The number of pyridine rings is 1. The van der Waals surface area contributed by atoms with Crippen molar-refractivity contribution >= 4 is 17.5 Å². The van der Waals surface area contributed by atoms with Crippen LogP contribution in [-0.4, -0.2) is 52.1 Å². The fraction of sp³-hybridized carbons (Fsp3) is 0.500. The number of aromatic nitrogens is 3. The van der Waals surface area contributed by atoms with Crippen molar-refractivity contribution < 1.29 is 9.53 Å². The number of carbonyl (C=O) groups excluding carboxylic acids is 1. The Kier molecular flexibility index (Phi) is 5.29. The Morgan fingerprint density at radius 3 is 2.81 bits per heavy atom. The van der Waals surface area contributed by atoms with Crippen LogP contribution in [0.5, 0.6) is 0 Å². The highest BCUT2D eigenvalue weighted by Gasteiger charge is 2.33. The Labute approximate surface area is 159 Å². The molecule has 0 radical (unpaired) electrons. The van der Waals surface area contributed by atoms with E-state index in [4.69, 9.17) is 9.72 Å². The van der Waals surface area contributed by atoms with Crippen LogP contribution in [0.2, 0.25) is 0 Å². The predicted octanol–water partition coefficient (Wildman–Crippen LogP) is 2.67. The number of anilines is 2. The van der Waals surface area contributed by atoms with Crippen molar-refractivity contribution in [3.63, 3.8) is 0 Å². The maximum absolute atomic E-state index is 12.8. The summed E-state index contributed by atoms with van der Waals surface area (Å²) in [5, 5.41) is 3.24. The first kappa shape index (κ1) is 17.9. The van der Waals surface area contributed by atoms with Crippen molar-refractivity contribution in [1.82, 2.24) is 19.9 Å².